The molecule has 0 aliphatic rings. The predicted octanol–water partition coefficient (Wildman–Crippen LogP) is 8.34. The zero-order valence-corrected chi connectivity index (χ0v) is 20.1. The van der Waals surface area contributed by atoms with E-state index in [-0.39, 0.29) is 0 Å². The molecular weight excluding hydrogens is 468 g/mol. The van der Waals surface area contributed by atoms with Crippen LogP contribution in [-0.2, 0) is 0 Å². The molecule has 0 radical (unpaired) electrons. The Hall–Kier alpha value is -5.83. The molecule has 38 heavy (non-hydrogen) atoms. The van der Waals surface area contributed by atoms with Crippen LogP contribution in [0.15, 0.2) is 114 Å². The van der Waals surface area contributed by atoms with Crippen LogP contribution >= 0.6 is 0 Å². The first kappa shape index (κ1) is 22.6. The van der Waals surface area contributed by atoms with Crippen LogP contribution in [0.3, 0.4) is 0 Å². The maximum Gasteiger partial charge on any atom is 0.159 e. The Morgan fingerprint density at radius 3 is 1.92 bits per heavy atom. The quantitative estimate of drug-likeness (QED) is 0.250. The normalized spacial score (nSPS) is 10.6. The Morgan fingerprint density at radius 2 is 1.21 bits per heavy atom. The van der Waals surface area contributed by atoms with Crippen LogP contribution in [0.4, 0.5) is 17.1 Å². The molecule has 5 nitrogen and oxygen atoms in total. The van der Waals surface area contributed by atoms with Gasteiger partial charge in [0.05, 0.1) is 28.4 Å². The molecular formula is C33H18N4O. The molecule has 0 unspecified atom stereocenters. The van der Waals surface area contributed by atoms with Gasteiger partial charge in [-0.3, -0.25) is 0 Å². The summed E-state index contributed by atoms with van der Waals surface area (Å²) in [6.45, 7) is 0. The number of nitrogens with zero attached hydrogens (tertiary/aromatic N) is 4. The predicted molar refractivity (Wildman–Crippen MR) is 148 cm³/mol. The van der Waals surface area contributed by atoms with Crippen LogP contribution < -0.4 is 4.90 Å². The minimum Gasteiger partial charge on any atom is -0.454 e. The fourth-order valence-corrected chi connectivity index (χ4v) is 4.74. The van der Waals surface area contributed by atoms with E-state index in [1.807, 2.05) is 72.8 Å². The van der Waals surface area contributed by atoms with Crippen molar-refractivity contribution in [1.29, 1.82) is 15.8 Å². The molecule has 6 aromatic rings. The lowest BCUT2D eigenvalue weighted by atomic mass is 9.99. The second-order valence-corrected chi connectivity index (χ2v) is 8.78. The molecule has 1 aromatic heterocycles. The minimum atomic E-state index is 0.352. The van der Waals surface area contributed by atoms with Crippen molar-refractivity contribution < 1.29 is 4.42 Å². The summed E-state index contributed by atoms with van der Waals surface area (Å²) >= 11 is 0. The number of furan rings is 1. The SMILES string of the molecule is N#Cc1ccc(N(c2ccc(-c3ccc(C#N)c(C#N)c3)cc2)c2cccc3c2oc2ccccc23)cc1. The summed E-state index contributed by atoms with van der Waals surface area (Å²) in [5.41, 5.74) is 7.33. The Labute approximate surface area is 219 Å². The van der Waals surface area contributed by atoms with Crippen molar-refractivity contribution >= 4 is 39.0 Å². The molecule has 0 fully saturated rings. The highest BCUT2D eigenvalue weighted by molar-refractivity contribution is 6.10. The van der Waals surface area contributed by atoms with Gasteiger partial charge in [-0.05, 0) is 71.8 Å². The van der Waals surface area contributed by atoms with Crippen molar-refractivity contribution in [3.05, 3.63) is 126 Å². The Bertz CT molecular complexity index is 1950. The molecule has 5 aromatic carbocycles. The minimum absolute atomic E-state index is 0.352. The number of benzene rings is 5. The Kier molecular flexibility index (Phi) is 5.55. The first-order chi connectivity index (χ1) is 18.7. The zero-order chi connectivity index (χ0) is 26.1. The molecule has 0 aliphatic heterocycles. The molecule has 1 heterocycles. The van der Waals surface area contributed by atoms with E-state index in [1.165, 1.54) is 0 Å². The zero-order valence-electron chi connectivity index (χ0n) is 20.1. The smallest absolute Gasteiger partial charge is 0.159 e. The lowest BCUT2D eigenvalue weighted by Crippen LogP contribution is -2.10. The topological polar surface area (TPSA) is 87.8 Å². The van der Waals surface area contributed by atoms with E-state index in [4.69, 9.17) is 4.42 Å². The molecule has 0 atom stereocenters. The molecule has 0 saturated carbocycles. The first-order valence-corrected chi connectivity index (χ1v) is 12.0. The van der Waals surface area contributed by atoms with Gasteiger partial charge in [0.25, 0.3) is 0 Å². The molecule has 6 rings (SSSR count). The van der Waals surface area contributed by atoms with Gasteiger partial charge in [-0.15, -0.1) is 0 Å². The van der Waals surface area contributed by atoms with Crippen molar-refractivity contribution in [1.82, 2.24) is 0 Å². The summed E-state index contributed by atoms with van der Waals surface area (Å²) in [4.78, 5) is 2.11. The Morgan fingerprint density at radius 1 is 0.553 bits per heavy atom. The number of anilines is 3. The second-order valence-electron chi connectivity index (χ2n) is 8.78. The van der Waals surface area contributed by atoms with E-state index in [9.17, 15) is 15.8 Å². The second kappa shape index (κ2) is 9.32. The lowest BCUT2D eigenvalue weighted by molar-refractivity contribution is 0.669. The third-order valence-electron chi connectivity index (χ3n) is 6.60. The molecule has 176 valence electrons. The fraction of sp³-hybridized carbons (Fsp3) is 0. The van der Waals surface area contributed by atoms with Gasteiger partial charge in [-0.1, -0.05) is 48.5 Å². The number of fused-ring (bicyclic) bond motifs is 3. The van der Waals surface area contributed by atoms with Gasteiger partial charge in [0.1, 0.15) is 17.7 Å². The van der Waals surface area contributed by atoms with Gasteiger partial charge in [0, 0.05) is 22.1 Å². The van der Waals surface area contributed by atoms with E-state index in [2.05, 4.69) is 35.2 Å². The average molecular weight is 487 g/mol. The Balaban J connectivity index is 1.50. The lowest BCUT2D eigenvalue weighted by Gasteiger charge is -2.25. The molecule has 0 spiro atoms. The maximum absolute atomic E-state index is 9.43. The molecule has 5 heteroatoms. The molecule has 0 bridgehead atoms. The van der Waals surface area contributed by atoms with Gasteiger partial charge in [0.2, 0.25) is 0 Å². The number of hydrogen-bond acceptors (Lipinski definition) is 5. The summed E-state index contributed by atoms with van der Waals surface area (Å²) in [6, 6.07) is 41.2. The highest BCUT2D eigenvalue weighted by Gasteiger charge is 2.19. The number of rotatable bonds is 4. The summed E-state index contributed by atoms with van der Waals surface area (Å²) in [6.07, 6.45) is 0. The average Bonchev–Trinajstić information content (AvgIpc) is 3.37. The number of hydrogen-bond donors (Lipinski definition) is 0. The van der Waals surface area contributed by atoms with Crippen LogP contribution in [0.25, 0.3) is 33.1 Å². The number of nitriles is 3. The van der Waals surface area contributed by atoms with Crippen LogP contribution in [0.5, 0.6) is 0 Å². The van der Waals surface area contributed by atoms with Crippen molar-refractivity contribution in [2.24, 2.45) is 0 Å². The summed E-state index contributed by atoms with van der Waals surface area (Å²) in [5.74, 6) is 0. The molecule has 0 saturated heterocycles. The first-order valence-electron chi connectivity index (χ1n) is 12.0. The summed E-state index contributed by atoms with van der Waals surface area (Å²) in [7, 11) is 0. The van der Waals surface area contributed by atoms with Gasteiger partial charge in [-0.25, -0.2) is 0 Å². The van der Waals surface area contributed by atoms with Crippen LogP contribution in [0, 0.1) is 34.0 Å². The van der Waals surface area contributed by atoms with E-state index in [1.54, 1.807) is 24.3 Å². The molecule has 0 aliphatic carbocycles. The van der Waals surface area contributed by atoms with E-state index in [0.717, 1.165) is 50.1 Å². The highest BCUT2D eigenvalue weighted by Crippen LogP contribution is 2.42. The van der Waals surface area contributed by atoms with Crippen molar-refractivity contribution in [2.75, 3.05) is 4.90 Å². The van der Waals surface area contributed by atoms with Gasteiger partial charge in [0.15, 0.2) is 5.58 Å². The van der Waals surface area contributed by atoms with Crippen molar-refractivity contribution in [2.45, 2.75) is 0 Å². The van der Waals surface area contributed by atoms with E-state index < -0.39 is 0 Å². The third kappa shape index (κ3) is 3.80. The highest BCUT2D eigenvalue weighted by atomic mass is 16.3. The van der Waals surface area contributed by atoms with Crippen LogP contribution in [-0.4, -0.2) is 0 Å². The van der Waals surface area contributed by atoms with Gasteiger partial charge >= 0.3 is 0 Å². The fourth-order valence-electron chi connectivity index (χ4n) is 4.74. The third-order valence-corrected chi connectivity index (χ3v) is 6.60. The summed E-state index contributed by atoms with van der Waals surface area (Å²) in [5, 5.41) is 30.1. The largest absolute Gasteiger partial charge is 0.454 e. The standard InChI is InChI=1S/C33H18N4O/c34-19-22-8-14-27(15-9-22)37(31-6-3-5-30-29-4-1-2-7-32(29)38-33(30)31)28-16-12-23(13-17-28)24-10-11-25(20-35)26(18-24)21-36/h1-18H. The van der Waals surface area contributed by atoms with Crippen molar-refractivity contribution in [3.8, 4) is 29.3 Å². The molecule has 0 N–H and O–H groups in total. The number of para-hydroxylation sites is 2. The molecule has 0 amide bonds. The maximum atomic E-state index is 9.43. The van der Waals surface area contributed by atoms with Crippen LogP contribution in [0.2, 0.25) is 0 Å². The van der Waals surface area contributed by atoms with Crippen LogP contribution in [0.1, 0.15) is 16.7 Å². The van der Waals surface area contributed by atoms with E-state index >= 15 is 0 Å². The van der Waals surface area contributed by atoms with Gasteiger partial charge < -0.3 is 9.32 Å². The monoisotopic (exact) mass is 486 g/mol. The van der Waals surface area contributed by atoms with Gasteiger partial charge in [-0.2, -0.15) is 15.8 Å². The summed E-state index contributed by atoms with van der Waals surface area (Å²) < 4.78 is 6.34. The van der Waals surface area contributed by atoms with Crippen molar-refractivity contribution in [3.63, 3.8) is 0 Å². The van der Waals surface area contributed by atoms with E-state index in [0.29, 0.717) is 16.7 Å².